The average Bonchev–Trinajstić information content (AvgIpc) is 3.02. The summed E-state index contributed by atoms with van der Waals surface area (Å²) in [4.78, 5) is 24.5. The van der Waals surface area contributed by atoms with Crippen LogP contribution in [0.2, 0.25) is 0 Å². The molecule has 0 saturated carbocycles. The second-order valence-electron chi connectivity index (χ2n) is 6.73. The Hall–Kier alpha value is -2.54. The van der Waals surface area contributed by atoms with E-state index in [1.165, 1.54) is 5.01 Å². The van der Waals surface area contributed by atoms with Gasteiger partial charge in [0.15, 0.2) is 0 Å². The number of anilines is 1. The molecule has 2 amide bonds. The largest absolute Gasteiger partial charge is 0.466 e. The smallest absolute Gasteiger partial charge is 0.280 e. The Morgan fingerprint density at radius 1 is 1.16 bits per heavy atom. The van der Waals surface area contributed by atoms with Gasteiger partial charge in [-0.05, 0) is 42.8 Å². The van der Waals surface area contributed by atoms with E-state index in [2.05, 4.69) is 10.4 Å². The number of alkyl halides is 3. The third-order valence-electron chi connectivity index (χ3n) is 4.42. The number of hydrogen-bond acceptors (Lipinski definition) is 4. The molecule has 3 rings (SSSR count). The van der Waals surface area contributed by atoms with Gasteiger partial charge in [0, 0.05) is 6.42 Å². The monoisotopic (exact) mass is 479 g/mol. The normalized spacial score (nSPS) is 16.3. The van der Waals surface area contributed by atoms with Crippen molar-refractivity contribution in [3.05, 3.63) is 65.7 Å². The van der Waals surface area contributed by atoms with E-state index in [-0.39, 0.29) is 18.2 Å². The summed E-state index contributed by atoms with van der Waals surface area (Å²) in [6.07, 6.45) is 0.820. The summed E-state index contributed by atoms with van der Waals surface area (Å²) >= 11 is 17.8. The molecule has 6 nitrogen and oxygen atoms in total. The summed E-state index contributed by atoms with van der Waals surface area (Å²) in [5.41, 5.74) is 2.58. The number of amides is 2. The van der Waals surface area contributed by atoms with Crippen LogP contribution in [0.5, 0.6) is 5.75 Å². The van der Waals surface area contributed by atoms with Gasteiger partial charge in [-0.3, -0.25) is 9.59 Å². The molecule has 1 heterocycles. The molecule has 0 fully saturated rings. The summed E-state index contributed by atoms with van der Waals surface area (Å²) in [5.74, 6) is -0.123. The van der Waals surface area contributed by atoms with Gasteiger partial charge in [0.1, 0.15) is 5.75 Å². The van der Waals surface area contributed by atoms with Crippen LogP contribution in [0.1, 0.15) is 25.8 Å². The first-order chi connectivity index (χ1) is 14.7. The van der Waals surface area contributed by atoms with Gasteiger partial charge >= 0.3 is 0 Å². The van der Waals surface area contributed by atoms with E-state index in [1.54, 1.807) is 44.2 Å². The number of rotatable bonds is 6. The highest BCUT2D eigenvalue weighted by Gasteiger charge is 2.36. The van der Waals surface area contributed by atoms with E-state index in [1.807, 2.05) is 30.3 Å². The van der Waals surface area contributed by atoms with Crippen molar-refractivity contribution in [1.82, 2.24) is 5.32 Å². The number of hydrazone groups is 1. The first-order valence-corrected chi connectivity index (χ1v) is 10.6. The molecule has 9 heteroatoms. The van der Waals surface area contributed by atoms with Crippen LogP contribution in [-0.4, -0.2) is 27.5 Å². The maximum absolute atomic E-state index is 12.8. The molecule has 0 aromatic heterocycles. The number of benzene rings is 2. The number of nitrogens with one attached hydrogen (secondary N) is 1. The Labute approximate surface area is 195 Å². The van der Waals surface area contributed by atoms with Gasteiger partial charge in [-0.25, -0.2) is 0 Å². The molecule has 0 saturated heterocycles. The lowest BCUT2D eigenvalue weighted by atomic mass is 10.1. The Morgan fingerprint density at radius 3 is 2.39 bits per heavy atom. The van der Waals surface area contributed by atoms with Gasteiger partial charge in [-0.1, -0.05) is 72.1 Å². The first-order valence-electron chi connectivity index (χ1n) is 9.48. The van der Waals surface area contributed by atoms with Crippen LogP contribution in [0.25, 0.3) is 6.08 Å². The van der Waals surface area contributed by atoms with Crippen LogP contribution in [-0.2, 0) is 9.59 Å². The van der Waals surface area contributed by atoms with Gasteiger partial charge in [0.05, 0.1) is 17.0 Å². The maximum Gasteiger partial charge on any atom is 0.280 e. The summed E-state index contributed by atoms with van der Waals surface area (Å²) in [7, 11) is 0. The molecule has 1 N–H and O–H groups in total. The zero-order valence-electron chi connectivity index (χ0n) is 16.8. The standard InChI is InChI=1S/C22H20Cl3N3O3/c1-3-19(29)26-21(22(23,24)25)31-17-11-9-15(10-12-17)13-18-14(2)27-28(20(18)30)16-7-5-4-6-8-16/h4-13,21H,3H2,1-2H3,(H,26,29)/b18-13-/t21-/m0/s1. The number of nitrogens with zero attached hydrogens (tertiary/aromatic N) is 2. The van der Waals surface area contributed by atoms with E-state index in [0.29, 0.717) is 22.7 Å². The molecule has 162 valence electrons. The van der Waals surface area contributed by atoms with Crippen LogP contribution < -0.4 is 15.1 Å². The fraction of sp³-hybridized carbons (Fsp3) is 0.227. The van der Waals surface area contributed by atoms with Crippen molar-refractivity contribution < 1.29 is 14.3 Å². The summed E-state index contributed by atoms with van der Waals surface area (Å²) in [6, 6.07) is 16.1. The number of ether oxygens (including phenoxy) is 1. The molecule has 0 aliphatic carbocycles. The SMILES string of the molecule is CCC(=O)N[C@@H](Oc1ccc(/C=C2\C(=O)N(c3ccccc3)N=C2C)cc1)C(Cl)(Cl)Cl. The summed E-state index contributed by atoms with van der Waals surface area (Å²) in [6.45, 7) is 3.47. The lowest BCUT2D eigenvalue weighted by molar-refractivity contribution is -0.123. The zero-order chi connectivity index (χ0) is 22.6. The number of hydrogen-bond donors (Lipinski definition) is 1. The molecule has 1 aliphatic rings. The van der Waals surface area contributed by atoms with Crippen molar-refractivity contribution in [1.29, 1.82) is 0 Å². The molecule has 0 radical (unpaired) electrons. The van der Waals surface area contributed by atoms with E-state index in [0.717, 1.165) is 5.56 Å². The van der Waals surface area contributed by atoms with Crippen LogP contribution in [0, 0.1) is 0 Å². The molecule has 0 unspecified atom stereocenters. The Balaban J connectivity index is 1.75. The summed E-state index contributed by atoms with van der Waals surface area (Å²) in [5, 5.41) is 8.26. The quantitative estimate of drug-likeness (QED) is 0.355. The van der Waals surface area contributed by atoms with Gasteiger partial charge in [-0.15, -0.1) is 0 Å². The molecule has 31 heavy (non-hydrogen) atoms. The predicted octanol–water partition coefficient (Wildman–Crippen LogP) is 5.09. The molecule has 0 bridgehead atoms. The molecule has 0 spiro atoms. The van der Waals surface area contributed by atoms with E-state index >= 15 is 0 Å². The average molecular weight is 481 g/mol. The second-order valence-corrected chi connectivity index (χ2v) is 9.09. The molecule has 2 aromatic carbocycles. The maximum atomic E-state index is 12.8. The first kappa shape index (κ1) is 23.1. The van der Waals surface area contributed by atoms with Crippen LogP contribution in [0.4, 0.5) is 5.69 Å². The Morgan fingerprint density at radius 2 is 1.81 bits per heavy atom. The minimum Gasteiger partial charge on any atom is -0.466 e. The molecular weight excluding hydrogens is 461 g/mol. The number of carbonyl (C=O) groups excluding carboxylic acids is 2. The number of para-hydroxylation sites is 1. The number of halogens is 3. The lowest BCUT2D eigenvalue weighted by Gasteiger charge is -2.26. The molecule has 2 aromatic rings. The predicted molar refractivity (Wildman–Crippen MR) is 125 cm³/mol. The van der Waals surface area contributed by atoms with Crippen molar-refractivity contribution in [3.63, 3.8) is 0 Å². The highest BCUT2D eigenvalue weighted by molar-refractivity contribution is 6.68. The van der Waals surface area contributed by atoms with Crippen LogP contribution in [0.15, 0.2) is 65.3 Å². The summed E-state index contributed by atoms with van der Waals surface area (Å²) < 4.78 is 3.80. The van der Waals surface area contributed by atoms with Gasteiger partial charge < -0.3 is 10.1 Å². The van der Waals surface area contributed by atoms with Gasteiger partial charge in [0.25, 0.3) is 5.91 Å². The zero-order valence-corrected chi connectivity index (χ0v) is 19.1. The van der Waals surface area contributed by atoms with E-state index < -0.39 is 10.0 Å². The number of carbonyl (C=O) groups is 2. The highest BCUT2D eigenvalue weighted by atomic mass is 35.6. The van der Waals surface area contributed by atoms with Crippen LogP contribution in [0.3, 0.4) is 0 Å². The third-order valence-corrected chi connectivity index (χ3v) is 5.01. The fourth-order valence-electron chi connectivity index (χ4n) is 2.80. The molecule has 1 aliphatic heterocycles. The molecule has 1 atom stereocenters. The Kier molecular flexibility index (Phi) is 7.26. The van der Waals surface area contributed by atoms with Crippen molar-refractivity contribution >= 4 is 64.1 Å². The third kappa shape index (κ3) is 5.79. The van der Waals surface area contributed by atoms with Crippen molar-refractivity contribution in [3.8, 4) is 5.75 Å². The molecular formula is C22H20Cl3N3O3. The van der Waals surface area contributed by atoms with Gasteiger partial charge in [0.2, 0.25) is 15.9 Å². The van der Waals surface area contributed by atoms with Crippen molar-refractivity contribution in [2.24, 2.45) is 5.10 Å². The van der Waals surface area contributed by atoms with Crippen LogP contribution >= 0.6 is 34.8 Å². The Bertz CT molecular complexity index is 1020. The van der Waals surface area contributed by atoms with Crippen molar-refractivity contribution in [2.45, 2.75) is 30.3 Å². The van der Waals surface area contributed by atoms with E-state index in [9.17, 15) is 9.59 Å². The van der Waals surface area contributed by atoms with E-state index in [4.69, 9.17) is 39.5 Å². The van der Waals surface area contributed by atoms with Crippen molar-refractivity contribution in [2.75, 3.05) is 5.01 Å². The second kappa shape index (κ2) is 9.73. The van der Waals surface area contributed by atoms with Gasteiger partial charge in [-0.2, -0.15) is 10.1 Å². The lowest BCUT2D eigenvalue weighted by Crippen LogP contribution is -2.47. The topological polar surface area (TPSA) is 71.0 Å². The minimum absolute atomic E-state index is 0.206. The highest BCUT2D eigenvalue weighted by Crippen LogP contribution is 2.32. The fourth-order valence-corrected chi connectivity index (χ4v) is 3.10. The minimum atomic E-state index is -1.85.